The van der Waals surface area contributed by atoms with Crippen molar-refractivity contribution in [2.24, 2.45) is 0 Å². The van der Waals surface area contributed by atoms with Gasteiger partial charge < -0.3 is 0 Å². The summed E-state index contributed by atoms with van der Waals surface area (Å²) in [4.78, 5) is 0. The van der Waals surface area contributed by atoms with Crippen LogP contribution in [0.3, 0.4) is 0 Å². The first kappa shape index (κ1) is 10.3. The van der Waals surface area contributed by atoms with Gasteiger partial charge in [0.25, 0.3) is 0 Å². The second kappa shape index (κ2) is 6.34. The van der Waals surface area contributed by atoms with E-state index in [2.05, 4.69) is 0 Å². The molecule has 0 aromatic rings. The number of hydrogen-bond donors (Lipinski definition) is 0. The first-order chi connectivity index (χ1) is 1.73. The van der Waals surface area contributed by atoms with Gasteiger partial charge in [-0.15, -0.1) is 0 Å². The SMILES string of the molecule is [F][Nd]([F])[F].[La]. The molecule has 0 aliphatic rings. The van der Waals surface area contributed by atoms with Gasteiger partial charge >= 0.3 is 40.1 Å². The average Bonchev–Trinajstić information content (AvgIpc) is 0.811. The summed E-state index contributed by atoms with van der Waals surface area (Å²) < 4.78 is 29.6. The summed E-state index contributed by atoms with van der Waals surface area (Å²) in [5.74, 6) is 0. The summed E-state index contributed by atoms with van der Waals surface area (Å²) in [5.41, 5.74) is 0. The van der Waals surface area contributed by atoms with Crippen LogP contribution in [-0.2, 0) is 0 Å². The second-order valence-corrected chi connectivity index (χ2v) is 1.59. The van der Waals surface area contributed by atoms with E-state index >= 15 is 0 Å². The van der Waals surface area contributed by atoms with Crippen LogP contribution in [0.4, 0.5) is 3.04 Å². The Morgan fingerprint density at radius 1 is 1.00 bits per heavy atom. The zero-order valence-electron chi connectivity index (χ0n) is 2.21. The van der Waals surface area contributed by atoms with Crippen molar-refractivity contribution in [1.82, 2.24) is 0 Å². The van der Waals surface area contributed by atoms with Crippen molar-refractivity contribution in [2.45, 2.75) is 0 Å². The smallest absolute Gasteiger partial charge is 0 e. The third-order valence-electron chi connectivity index (χ3n) is 0. The summed E-state index contributed by atoms with van der Waals surface area (Å²) in [7, 11) is 0. The monoisotopic (exact) mass is 338 g/mol. The Morgan fingerprint density at radius 3 is 1.00 bits per heavy atom. The molecule has 0 heterocycles. The van der Waals surface area contributed by atoms with Crippen LogP contribution in [0.5, 0.6) is 0 Å². The van der Waals surface area contributed by atoms with E-state index in [1.165, 1.54) is 0 Å². The molecule has 1 radical (unpaired) electrons. The van der Waals surface area contributed by atoms with Crippen LogP contribution >= 0.6 is 0 Å². The van der Waals surface area contributed by atoms with Crippen LogP contribution in [0.1, 0.15) is 0 Å². The molecule has 0 fully saturated rings. The van der Waals surface area contributed by atoms with Crippen LogP contribution in [0.2, 0.25) is 0 Å². The van der Waals surface area contributed by atoms with E-state index in [4.69, 9.17) is 0 Å². The molecule has 0 aromatic carbocycles. The molecule has 0 N–H and O–H groups in total. The van der Waals surface area contributed by atoms with Crippen molar-refractivity contribution in [1.29, 1.82) is 0 Å². The molecular weight excluding hydrogens is 340 g/mol. The van der Waals surface area contributed by atoms with Gasteiger partial charge in [-0.05, 0) is 0 Å². The maximum absolute atomic E-state index is 9.88. The summed E-state index contributed by atoms with van der Waals surface area (Å²) in [6.07, 6.45) is 0. The van der Waals surface area contributed by atoms with E-state index in [1.54, 1.807) is 0 Å². The van der Waals surface area contributed by atoms with Gasteiger partial charge in [-0.1, -0.05) is 0 Å². The van der Waals surface area contributed by atoms with Crippen LogP contribution in [-0.4, -0.2) is 0 Å². The maximum Gasteiger partial charge on any atom is 0 e. The van der Waals surface area contributed by atoms with Gasteiger partial charge in [-0.25, -0.2) is 0 Å². The average molecular weight is 340 g/mol. The quantitative estimate of drug-likeness (QED) is 0.623. The fraction of sp³-hybridized carbons (Fsp3) is 0. The Balaban J connectivity index is 0. The predicted octanol–water partition coefficient (Wildman–Crippen LogP) is 1.26. The zero-order chi connectivity index (χ0) is 3.58. The van der Waals surface area contributed by atoms with Gasteiger partial charge in [-0.2, -0.15) is 0 Å². The predicted molar refractivity (Wildman–Crippen MR) is 3.32 cm³/mol. The van der Waals surface area contributed by atoms with Crippen molar-refractivity contribution in [2.75, 3.05) is 0 Å². The molecule has 0 spiro atoms. The molecule has 0 saturated carbocycles. The van der Waals surface area contributed by atoms with Gasteiger partial charge in [0.1, 0.15) is 0 Å². The van der Waals surface area contributed by atoms with Crippen LogP contribution in [0.15, 0.2) is 0 Å². The van der Waals surface area contributed by atoms with Gasteiger partial charge in [0.15, 0.2) is 0 Å². The Bertz CT molecular complexity index is 11.6. The molecule has 5 heavy (non-hydrogen) atoms. The molecule has 0 bridgehead atoms. The van der Waals surface area contributed by atoms with Crippen molar-refractivity contribution in [3.05, 3.63) is 0 Å². The second-order valence-electron chi connectivity index (χ2n) is 0.214. The fourth-order valence-electron chi connectivity index (χ4n) is 0. The Morgan fingerprint density at radius 2 is 1.00 bits per heavy atom. The summed E-state index contributed by atoms with van der Waals surface area (Å²) >= 11 is -5.16. The molecular formula is F3LaNd. The van der Waals surface area contributed by atoms with E-state index in [-0.39, 0.29) is 35.6 Å². The minimum Gasteiger partial charge on any atom is 0 e. The molecule has 5 heteroatoms. The molecule has 0 aliphatic heterocycles. The standard InChI is InChI=1S/3FH.La.Nd/h3*1H;;/q;;;;+3/p-3. The van der Waals surface area contributed by atoms with Crippen LogP contribution in [0.25, 0.3) is 0 Å². The van der Waals surface area contributed by atoms with E-state index < -0.39 is 37.1 Å². The van der Waals surface area contributed by atoms with Crippen molar-refractivity contribution < 1.29 is 75.7 Å². The number of hydrogen-bond acceptors (Lipinski definition) is 0. The van der Waals surface area contributed by atoms with Crippen molar-refractivity contribution in [3.8, 4) is 0 Å². The molecule has 28 valence electrons. The summed E-state index contributed by atoms with van der Waals surface area (Å²) in [6.45, 7) is 0. The third-order valence-corrected chi connectivity index (χ3v) is 0. The fourth-order valence-corrected chi connectivity index (χ4v) is 0. The Kier molecular flexibility index (Phi) is 13.1. The molecule has 0 atom stereocenters. The zero-order valence-corrected chi connectivity index (χ0v) is 9.05. The van der Waals surface area contributed by atoms with E-state index in [1.807, 2.05) is 0 Å². The van der Waals surface area contributed by atoms with E-state index in [0.29, 0.717) is 0 Å². The molecule has 0 amide bonds. The first-order valence-corrected chi connectivity index (χ1v) is 4.20. The summed E-state index contributed by atoms with van der Waals surface area (Å²) in [5, 5.41) is 0. The molecule has 0 aliphatic carbocycles. The van der Waals surface area contributed by atoms with Crippen molar-refractivity contribution >= 4 is 0 Å². The van der Waals surface area contributed by atoms with Crippen molar-refractivity contribution in [3.63, 3.8) is 0 Å². The number of halogens is 3. The van der Waals surface area contributed by atoms with Gasteiger partial charge in [0.05, 0.1) is 0 Å². The van der Waals surface area contributed by atoms with E-state index in [0.717, 1.165) is 0 Å². The van der Waals surface area contributed by atoms with Gasteiger partial charge in [0, 0.05) is 35.6 Å². The van der Waals surface area contributed by atoms with Crippen LogP contribution in [0, 0.1) is 72.7 Å². The molecule has 0 rings (SSSR count). The molecule has 0 saturated heterocycles. The first-order valence-electron chi connectivity index (χ1n) is 0.567. The van der Waals surface area contributed by atoms with Gasteiger partial charge in [-0.3, -0.25) is 0 Å². The normalized spacial score (nSPS) is 5.40. The molecule has 0 nitrogen and oxygen atoms in total. The Hall–Kier alpha value is 2.34. The minimum absolute atomic E-state index is 0. The van der Waals surface area contributed by atoms with E-state index in [9.17, 15) is 3.04 Å². The minimum atomic E-state index is -5.16. The maximum atomic E-state index is 9.88. The molecule has 0 aromatic heterocycles. The van der Waals surface area contributed by atoms with Gasteiger partial charge in [0.2, 0.25) is 0 Å². The third kappa shape index (κ3) is 21.8. The van der Waals surface area contributed by atoms with Crippen LogP contribution < -0.4 is 0 Å². The Labute approximate surface area is 73.9 Å². The largest absolute Gasteiger partial charge is 0 e. The molecule has 0 unspecified atom stereocenters. The topological polar surface area (TPSA) is 0 Å². The summed E-state index contributed by atoms with van der Waals surface area (Å²) in [6, 6.07) is 0. The number of rotatable bonds is 0.